The number of hydrogen-bond donors (Lipinski definition) is 0. The number of aromatic nitrogens is 1. The van der Waals surface area contributed by atoms with Crippen LogP contribution in [0.4, 0.5) is 13.2 Å². The summed E-state index contributed by atoms with van der Waals surface area (Å²) >= 11 is 0. The maximum absolute atomic E-state index is 12.3. The van der Waals surface area contributed by atoms with Gasteiger partial charge in [0.15, 0.2) is 0 Å². The van der Waals surface area contributed by atoms with Gasteiger partial charge in [0, 0.05) is 11.8 Å². The first kappa shape index (κ1) is 13.0. The lowest BCUT2D eigenvalue weighted by molar-refractivity contribution is -0.141. The first-order chi connectivity index (χ1) is 7.93. The van der Waals surface area contributed by atoms with Gasteiger partial charge in [-0.2, -0.15) is 13.2 Å². The highest BCUT2D eigenvalue weighted by Gasteiger charge is 2.32. The molecule has 0 aliphatic carbocycles. The molecule has 0 bridgehead atoms. The van der Waals surface area contributed by atoms with Crippen molar-refractivity contribution in [3.8, 4) is 11.8 Å². The van der Waals surface area contributed by atoms with Crippen molar-refractivity contribution in [1.29, 1.82) is 0 Å². The average molecular weight is 243 g/mol. The molecule has 6 heteroatoms. The molecule has 1 heterocycles. The summed E-state index contributed by atoms with van der Waals surface area (Å²) in [6.07, 6.45) is -3.65. The van der Waals surface area contributed by atoms with Crippen molar-refractivity contribution in [3.63, 3.8) is 0 Å². The highest BCUT2D eigenvalue weighted by atomic mass is 19.4. The van der Waals surface area contributed by atoms with Crippen molar-refractivity contribution in [2.75, 3.05) is 7.11 Å². The van der Waals surface area contributed by atoms with Gasteiger partial charge in [-0.15, -0.1) is 0 Å². The number of rotatable bonds is 1. The van der Waals surface area contributed by atoms with E-state index in [9.17, 15) is 18.0 Å². The topological polar surface area (TPSA) is 39.2 Å². The number of esters is 1. The molecular formula is C11H8F3NO2. The van der Waals surface area contributed by atoms with Crippen LogP contribution in [0, 0.1) is 11.8 Å². The third-order valence-corrected chi connectivity index (χ3v) is 1.74. The fourth-order valence-electron chi connectivity index (χ4n) is 0.954. The van der Waals surface area contributed by atoms with Crippen LogP contribution in [-0.4, -0.2) is 18.1 Å². The average Bonchev–Trinajstić information content (AvgIpc) is 2.28. The molecule has 17 heavy (non-hydrogen) atoms. The molecule has 0 fully saturated rings. The monoisotopic (exact) mass is 243 g/mol. The molecule has 0 unspecified atom stereocenters. The Labute approximate surface area is 95.6 Å². The van der Waals surface area contributed by atoms with Gasteiger partial charge in [0.05, 0.1) is 7.11 Å². The highest BCUT2D eigenvalue weighted by molar-refractivity contribution is 5.72. The van der Waals surface area contributed by atoms with Gasteiger partial charge >= 0.3 is 12.1 Å². The second-order valence-corrected chi connectivity index (χ2v) is 2.98. The predicted molar refractivity (Wildman–Crippen MR) is 52.8 cm³/mol. The van der Waals surface area contributed by atoms with E-state index in [1.54, 1.807) is 0 Å². The number of halogens is 3. The molecule has 0 aromatic carbocycles. The van der Waals surface area contributed by atoms with E-state index in [2.05, 4.69) is 21.6 Å². The Balaban J connectivity index is 2.83. The van der Waals surface area contributed by atoms with Gasteiger partial charge in [0.1, 0.15) is 12.1 Å². The number of carbonyl (C=O) groups excluding carboxylic acids is 1. The lowest BCUT2D eigenvalue weighted by Crippen LogP contribution is -2.07. The minimum atomic E-state index is -4.50. The number of alkyl halides is 3. The molecular weight excluding hydrogens is 235 g/mol. The summed E-state index contributed by atoms with van der Waals surface area (Å²) in [6, 6.07) is 2.16. The van der Waals surface area contributed by atoms with Gasteiger partial charge in [-0.25, -0.2) is 0 Å². The van der Waals surface area contributed by atoms with Gasteiger partial charge in [-0.05, 0) is 12.1 Å². The lowest BCUT2D eigenvalue weighted by Gasteiger charge is -2.04. The second kappa shape index (κ2) is 5.34. The highest BCUT2D eigenvalue weighted by Crippen LogP contribution is 2.27. The molecule has 0 amide bonds. The summed E-state index contributed by atoms with van der Waals surface area (Å²) in [5.74, 6) is 4.30. The van der Waals surface area contributed by atoms with E-state index >= 15 is 0 Å². The summed E-state index contributed by atoms with van der Waals surface area (Å²) in [7, 11) is 1.21. The van der Waals surface area contributed by atoms with Crippen LogP contribution in [0.5, 0.6) is 0 Å². The van der Waals surface area contributed by atoms with Crippen LogP contribution in [0.15, 0.2) is 18.3 Å². The molecule has 0 saturated carbocycles. The van der Waals surface area contributed by atoms with Crippen molar-refractivity contribution in [2.24, 2.45) is 0 Å². The summed E-state index contributed by atoms with van der Waals surface area (Å²) in [5, 5.41) is 0. The van der Waals surface area contributed by atoms with Gasteiger partial charge in [0.25, 0.3) is 0 Å². The van der Waals surface area contributed by atoms with E-state index in [-0.39, 0.29) is 12.0 Å². The Morgan fingerprint density at radius 2 is 2.24 bits per heavy atom. The molecule has 0 N–H and O–H groups in total. The Morgan fingerprint density at radius 1 is 1.53 bits per heavy atom. The van der Waals surface area contributed by atoms with Gasteiger partial charge in [-0.3, -0.25) is 9.78 Å². The first-order valence-corrected chi connectivity index (χ1v) is 4.52. The number of pyridine rings is 1. The Bertz CT molecular complexity index is 472. The van der Waals surface area contributed by atoms with Crippen LogP contribution >= 0.6 is 0 Å². The van der Waals surface area contributed by atoms with Crippen LogP contribution in [0.2, 0.25) is 0 Å². The van der Waals surface area contributed by atoms with Gasteiger partial charge < -0.3 is 4.74 Å². The van der Waals surface area contributed by atoms with E-state index in [1.165, 1.54) is 13.2 Å². The van der Waals surface area contributed by atoms with Crippen molar-refractivity contribution in [1.82, 2.24) is 4.98 Å². The van der Waals surface area contributed by atoms with Gasteiger partial charge in [-0.1, -0.05) is 11.8 Å². The maximum atomic E-state index is 12.3. The predicted octanol–water partition coefficient (Wildman–Crippen LogP) is 2.01. The number of methoxy groups -OCH3 is 1. The number of ether oxygens (including phenoxy) is 1. The van der Waals surface area contributed by atoms with Crippen LogP contribution in [0.1, 0.15) is 17.7 Å². The number of hydrogen-bond acceptors (Lipinski definition) is 3. The maximum Gasteiger partial charge on any atom is 0.433 e. The standard InChI is InChI=1S/C11H8F3NO2/c1-17-10(16)4-2-3-8-5-6-15-9(7-8)11(12,13)14/h5-7H,4H2,1H3. The zero-order chi connectivity index (χ0) is 12.9. The smallest absolute Gasteiger partial charge is 0.433 e. The first-order valence-electron chi connectivity index (χ1n) is 4.52. The molecule has 0 aliphatic rings. The molecule has 3 nitrogen and oxygen atoms in total. The van der Waals surface area contributed by atoms with Crippen molar-refractivity contribution in [2.45, 2.75) is 12.6 Å². The van der Waals surface area contributed by atoms with Crippen molar-refractivity contribution in [3.05, 3.63) is 29.6 Å². The molecule has 1 aromatic heterocycles. The fraction of sp³-hybridized carbons (Fsp3) is 0.273. The largest absolute Gasteiger partial charge is 0.468 e. The Hall–Kier alpha value is -2.03. The van der Waals surface area contributed by atoms with Crippen LogP contribution in [-0.2, 0) is 15.7 Å². The number of nitrogens with zero attached hydrogens (tertiary/aromatic N) is 1. The third kappa shape index (κ3) is 4.15. The van der Waals surface area contributed by atoms with E-state index in [4.69, 9.17) is 0 Å². The Kier molecular flexibility index (Phi) is 4.10. The van der Waals surface area contributed by atoms with Crippen molar-refractivity contribution < 1.29 is 22.7 Å². The van der Waals surface area contributed by atoms with Gasteiger partial charge in [0.2, 0.25) is 0 Å². The molecule has 90 valence electrons. The lowest BCUT2D eigenvalue weighted by atomic mass is 10.2. The van der Waals surface area contributed by atoms with E-state index in [1.807, 2.05) is 0 Å². The van der Waals surface area contributed by atoms with E-state index in [0.717, 1.165) is 12.3 Å². The summed E-state index contributed by atoms with van der Waals surface area (Å²) < 4.78 is 41.2. The van der Waals surface area contributed by atoms with Crippen LogP contribution < -0.4 is 0 Å². The minimum absolute atomic E-state index is 0.149. The summed E-state index contributed by atoms with van der Waals surface area (Å²) in [5.41, 5.74) is -0.862. The zero-order valence-electron chi connectivity index (χ0n) is 8.84. The normalized spacial score (nSPS) is 10.4. The SMILES string of the molecule is COC(=O)CC#Cc1ccnc(C(F)(F)F)c1. The molecule has 0 spiro atoms. The molecule has 1 rings (SSSR count). The molecule has 0 atom stereocenters. The molecule has 1 aromatic rings. The Morgan fingerprint density at radius 3 is 2.82 bits per heavy atom. The fourth-order valence-corrected chi connectivity index (χ4v) is 0.954. The second-order valence-electron chi connectivity index (χ2n) is 2.98. The van der Waals surface area contributed by atoms with Crippen LogP contribution in [0.3, 0.4) is 0 Å². The minimum Gasteiger partial charge on any atom is -0.468 e. The molecule has 0 saturated heterocycles. The van der Waals surface area contributed by atoms with Crippen molar-refractivity contribution >= 4 is 5.97 Å². The van der Waals surface area contributed by atoms with E-state index in [0.29, 0.717) is 0 Å². The molecule has 0 radical (unpaired) electrons. The van der Waals surface area contributed by atoms with Crippen LogP contribution in [0.25, 0.3) is 0 Å². The zero-order valence-corrected chi connectivity index (χ0v) is 8.84. The summed E-state index contributed by atoms with van der Waals surface area (Å²) in [4.78, 5) is 13.9. The summed E-state index contributed by atoms with van der Waals surface area (Å²) in [6.45, 7) is 0. The third-order valence-electron chi connectivity index (χ3n) is 1.74. The van der Waals surface area contributed by atoms with E-state index < -0.39 is 17.8 Å². The number of carbonyl (C=O) groups is 1. The quantitative estimate of drug-likeness (QED) is 0.559. The molecule has 0 aliphatic heterocycles.